The molecule has 2 aliphatic rings. The Bertz CT molecular complexity index is 5360. The van der Waals surface area contributed by atoms with Crippen LogP contribution in [0.15, 0.2) is 300 Å². The number of hydrogen-bond donors (Lipinski definition) is 0. The number of para-hydroxylation sites is 8. The van der Waals surface area contributed by atoms with Crippen LogP contribution >= 0.6 is 0 Å². The maximum Gasteiger partial charge on any atom is 0.252 e. The highest BCUT2D eigenvalue weighted by Crippen LogP contribution is 2.46. The Kier molecular flexibility index (Phi) is 10.1. The molecule has 0 fully saturated rings. The molecule has 18 rings (SSSR count). The Labute approximate surface area is 482 Å². The van der Waals surface area contributed by atoms with Crippen molar-refractivity contribution >= 4 is 132 Å². The second-order valence-corrected chi connectivity index (χ2v) is 22.2. The van der Waals surface area contributed by atoms with Crippen LogP contribution in [0.1, 0.15) is 0 Å². The summed E-state index contributed by atoms with van der Waals surface area (Å²) in [6.45, 7) is -0.310. The van der Waals surface area contributed by atoms with Crippen molar-refractivity contribution in [1.82, 2.24) is 13.7 Å². The first-order valence-electron chi connectivity index (χ1n) is 28.9. The Hall–Kier alpha value is -11.1. The Balaban J connectivity index is 1.27. The third-order valence-corrected chi connectivity index (χ3v) is 17.8. The first-order chi connectivity index (χ1) is 41.7. The van der Waals surface area contributed by atoms with Crippen LogP contribution in [0, 0.1) is 0 Å². The molecule has 16 aromatic rings. The van der Waals surface area contributed by atoms with Gasteiger partial charge in [0.05, 0.1) is 38.8 Å². The average Bonchev–Trinajstić information content (AvgIpc) is 0.915. The largest absolute Gasteiger partial charge is 0.456 e. The van der Waals surface area contributed by atoms with Crippen molar-refractivity contribution in [2.75, 3.05) is 0 Å². The summed E-state index contributed by atoms with van der Waals surface area (Å²) in [7, 11) is 0. The van der Waals surface area contributed by atoms with Gasteiger partial charge >= 0.3 is 0 Å². The smallest absolute Gasteiger partial charge is 0.252 e. The van der Waals surface area contributed by atoms with Crippen LogP contribution in [-0.4, -0.2) is 20.4 Å². The fourth-order valence-corrected chi connectivity index (χ4v) is 14.3. The van der Waals surface area contributed by atoms with Crippen LogP contribution in [0.25, 0.3) is 149 Å². The van der Waals surface area contributed by atoms with Gasteiger partial charge in [0, 0.05) is 65.2 Å². The zero-order valence-electron chi connectivity index (χ0n) is 45.4. The molecule has 0 radical (unpaired) electrons. The maximum absolute atomic E-state index is 7.54. The van der Waals surface area contributed by atoms with Crippen molar-refractivity contribution in [3.63, 3.8) is 0 Å². The molecule has 2 aliphatic heterocycles. The highest BCUT2D eigenvalue weighted by molar-refractivity contribution is 7.00. The fraction of sp³-hybridized carbons (Fsp3) is 0. The molecule has 0 N–H and O–H groups in total. The van der Waals surface area contributed by atoms with Gasteiger partial charge in [-0.3, -0.25) is 0 Å². The zero-order chi connectivity index (χ0) is 55.0. The molecule has 5 heterocycles. The van der Waals surface area contributed by atoms with Gasteiger partial charge in [-0.25, -0.2) is 0 Å². The number of rotatable bonds is 3. The van der Waals surface area contributed by atoms with Gasteiger partial charge in [0.25, 0.3) is 6.71 Å². The van der Waals surface area contributed by atoms with Crippen molar-refractivity contribution < 1.29 is 8.83 Å². The van der Waals surface area contributed by atoms with E-state index in [-0.39, 0.29) is 6.71 Å². The van der Waals surface area contributed by atoms with Gasteiger partial charge in [-0.05, 0) is 99.3 Å². The lowest BCUT2D eigenvalue weighted by atomic mass is 9.34. The zero-order valence-corrected chi connectivity index (χ0v) is 45.4. The van der Waals surface area contributed by atoms with E-state index in [0.29, 0.717) is 0 Å². The summed E-state index contributed by atoms with van der Waals surface area (Å²) in [6, 6.07) is 106. The van der Waals surface area contributed by atoms with Crippen molar-refractivity contribution in [1.29, 1.82) is 0 Å². The van der Waals surface area contributed by atoms with Gasteiger partial charge in [0.1, 0.15) is 22.3 Å². The molecule has 5 nitrogen and oxygen atoms in total. The molecular formula is C78H48BN3O2. The second-order valence-electron chi connectivity index (χ2n) is 22.2. The second kappa shape index (κ2) is 18.2. The lowest BCUT2D eigenvalue weighted by Crippen LogP contribution is -2.59. The maximum atomic E-state index is 7.54. The quantitative estimate of drug-likeness (QED) is 0.165. The molecule has 3 aromatic heterocycles. The number of aromatic nitrogens is 3. The molecule has 0 spiro atoms. The molecule has 0 bridgehead atoms. The molecule has 84 heavy (non-hydrogen) atoms. The third-order valence-electron chi connectivity index (χ3n) is 17.8. The predicted molar refractivity (Wildman–Crippen MR) is 352 cm³/mol. The van der Waals surface area contributed by atoms with Gasteiger partial charge in [0.15, 0.2) is 0 Å². The van der Waals surface area contributed by atoms with Crippen LogP contribution in [0.4, 0.5) is 0 Å². The minimum Gasteiger partial charge on any atom is -0.456 e. The van der Waals surface area contributed by atoms with E-state index in [2.05, 4.69) is 305 Å². The summed E-state index contributed by atoms with van der Waals surface area (Å²) in [5, 5.41) is 10.4. The third kappa shape index (κ3) is 6.73. The Morgan fingerprint density at radius 3 is 0.964 bits per heavy atom. The van der Waals surface area contributed by atoms with Crippen LogP contribution in [-0.2, 0) is 0 Å². The average molecular weight is 1070 g/mol. The summed E-state index contributed by atoms with van der Waals surface area (Å²) >= 11 is 0. The molecule has 390 valence electrons. The summed E-state index contributed by atoms with van der Waals surface area (Å²) in [5.74, 6) is 0. The standard InChI is InChI=1S/C78H48BN3O2/c1-3-23-49(24-4-1)51-43-45-67-61(47-51)79-62-48-52(50-25-5-2-6-26-50)44-46-68(62)82-66-38-18-10-30-56(66)58-32-12-20-40-70(58)84-72-42-22-14-34-60(72)74-76(80-63-35-15-7-27-53(63)54-28-8-16-36-64(54)80)73-59-33-13-21-41-71(59)83-69-39-19-11-31-57(69)55-29-9-17-37-65(55)81(67)77(73)75(79)78(74)82/h1-48H. The molecule has 0 unspecified atom stereocenters. The number of fused-ring (bicyclic) bond motifs is 21. The monoisotopic (exact) mass is 1070 g/mol. The van der Waals surface area contributed by atoms with Crippen molar-refractivity contribution in [2.24, 2.45) is 0 Å². The molecule has 0 atom stereocenters. The Morgan fingerprint density at radius 2 is 0.560 bits per heavy atom. The van der Waals surface area contributed by atoms with E-state index in [1.807, 2.05) is 0 Å². The molecule has 0 aliphatic carbocycles. The van der Waals surface area contributed by atoms with E-state index >= 15 is 0 Å². The molecular weight excluding hydrogens is 1020 g/mol. The normalized spacial score (nSPS) is 12.3. The lowest BCUT2D eigenvalue weighted by molar-refractivity contribution is 0.663. The first kappa shape index (κ1) is 46.7. The highest BCUT2D eigenvalue weighted by Gasteiger charge is 2.42. The van der Waals surface area contributed by atoms with Crippen molar-refractivity contribution in [2.45, 2.75) is 0 Å². The molecule has 6 heteroatoms. The fourth-order valence-electron chi connectivity index (χ4n) is 14.3. The SMILES string of the molecule is c1ccc(-c2ccc3c(c2)B2c4cc(-c5ccccc5)ccc4-n4c5ccccc5c5ccccc5oc5ccccc5c5c(-n6c7ccccc7c7ccccc76)c6c7ccccc7oc7ccccc7c7ccccc7n-3c6c2c54)cc1. The predicted octanol–water partition coefficient (Wildman–Crippen LogP) is 18.6. The van der Waals surface area contributed by atoms with Crippen LogP contribution in [0.5, 0.6) is 0 Å². The van der Waals surface area contributed by atoms with Crippen LogP contribution < -0.4 is 16.4 Å². The number of hydrogen-bond acceptors (Lipinski definition) is 2. The van der Waals surface area contributed by atoms with Gasteiger partial charge in [0.2, 0.25) is 0 Å². The van der Waals surface area contributed by atoms with Gasteiger partial charge < -0.3 is 22.5 Å². The Morgan fingerprint density at radius 1 is 0.250 bits per heavy atom. The van der Waals surface area contributed by atoms with Crippen molar-refractivity contribution in [3.05, 3.63) is 291 Å². The first-order valence-corrected chi connectivity index (χ1v) is 28.9. The topological polar surface area (TPSA) is 41.1 Å². The van der Waals surface area contributed by atoms with E-state index in [1.54, 1.807) is 0 Å². The highest BCUT2D eigenvalue weighted by atomic mass is 16.3. The van der Waals surface area contributed by atoms with E-state index < -0.39 is 0 Å². The summed E-state index contributed by atoms with van der Waals surface area (Å²) in [6.07, 6.45) is 0. The number of nitrogens with zero attached hydrogens (tertiary/aromatic N) is 3. The van der Waals surface area contributed by atoms with Crippen molar-refractivity contribution in [3.8, 4) is 39.3 Å². The summed E-state index contributed by atoms with van der Waals surface area (Å²) in [5.41, 5.74) is 20.9. The van der Waals surface area contributed by atoms with Crippen LogP contribution in [0.2, 0.25) is 0 Å². The van der Waals surface area contributed by atoms with E-state index in [4.69, 9.17) is 8.83 Å². The lowest BCUT2D eigenvalue weighted by Gasteiger charge is -2.37. The molecule has 0 saturated carbocycles. The van der Waals surface area contributed by atoms with E-state index in [1.165, 1.54) is 16.4 Å². The van der Waals surface area contributed by atoms with Gasteiger partial charge in [-0.2, -0.15) is 0 Å². The van der Waals surface area contributed by atoms with E-state index in [0.717, 1.165) is 149 Å². The minimum absolute atomic E-state index is 0.310. The van der Waals surface area contributed by atoms with E-state index in [9.17, 15) is 0 Å². The summed E-state index contributed by atoms with van der Waals surface area (Å²) < 4.78 is 22.9. The molecule has 0 saturated heterocycles. The van der Waals surface area contributed by atoms with Crippen LogP contribution in [0.3, 0.4) is 0 Å². The molecule has 0 amide bonds. The van der Waals surface area contributed by atoms with Gasteiger partial charge in [-0.15, -0.1) is 0 Å². The molecule has 13 aromatic carbocycles. The summed E-state index contributed by atoms with van der Waals surface area (Å²) in [4.78, 5) is 0. The number of benzene rings is 13. The van der Waals surface area contributed by atoms with Gasteiger partial charge in [-0.1, -0.05) is 231 Å². The minimum atomic E-state index is -0.310.